The molecule has 0 aliphatic rings. The molecule has 0 spiro atoms. The van der Waals surface area contributed by atoms with Crippen molar-refractivity contribution in [2.45, 2.75) is 46.6 Å². The fourth-order valence-corrected chi connectivity index (χ4v) is 2.81. The maximum atomic E-state index is 11.1. The van der Waals surface area contributed by atoms with Crippen LogP contribution in [0, 0.1) is 0 Å². The molecule has 3 N–H and O–H groups in total. The molecule has 0 aliphatic carbocycles. The first-order valence-corrected chi connectivity index (χ1v) is 9.34. The van der Waals surface area contributed by atoms with Gasteiger partial charge in [-0.15, -0.1) is 24.0 Å². The molecule has 0 aliphatic heterocycles. The molecule has 2 rings (SSSR count). The minimum atomic E-state index is -0.0652. The van der Waals surface area contributed by atoms with Crippen LogP contribution in [0.3, 0.4) is 0 Å². The number of aromatic nitrogens is 1. The fourth-order valence-electron chi connectivity index (χ4n) is 2.81. The second-order valence-corrected chi connectivity index (χ2v) is 6.22. The predicted molar refractivity (Wildman–Crippen MR) is 123 cm³/mol. The van der Waals surface area contributed by atoms with Crippen molar-refractivity contribution in [3.05, 3.63) is 46.8 Å². The molecule has 1 aromatic carbocycles. The number of rotatable bonds is 8. The quantitative estimate of drug-likeness (QED) is 0.295. The van der Waals surface area contributed by atoms with E-state index in [1.807, 2.05) is 24.3 Å². The van der Waals surface area contributed by atoms with Gasteiger partial charge < -0.3 is 20.5 Å². The fraction of sp³-hybridized carbons (Fsp3) is 0.450. The SMILES string of the molecule is CCc1noc(CC)c1CNC(=NC)NCCc1ccc(NC(C)=O)cc1.I. The van der Waals surface area contributed by atoms with Crippen molar-refractivity contribution >= 4 is 41.5 Å². The summed E-state index contributed by atoms with van der Waals surface area (Å²) in [6.07, 6.45) is 2.53. The standard InChI is InChI=1S/C20H29N5O2.HI/c1-5-18-17(19(6-2)27-25-18)13-23-20(21-4)22-12-11-15-7-9-16(10-8-15)24-14(3)26;/h7-10H,5-6,11-13H2,1-4H3,(H,24,26)(H2,21,22,23);1H. The number of carbonyl (C=O) groups excluding carboxylic acids is 1. The van der Waals surface area contributed by atoms with Crippen LogP contribution in [0.15, 0.2) is 33.8 Å². The highest BCUT2D eigenvalue weighted by atomic mass is 127. The molecule has 0 bridgehead atoms. The normalized spacial score (nSPS) is 10.9. The lowest BCUT2D eigenvalue weighted by molar-refractivity contribution is -0.114. The largest absolute Gasteiger partial charge is 0.361 e. The Morgan fingerprint density at radius 3 is 2.43 bits per heavy atom. The third kappa shape index (κ3) is 7.14. The minimum absolute atomic E-state index is 0. The molecule has 0 atom stereocenters. The average molecular weight is 499 g/mol. The van der Waals surface area contributed by atoms with Crippen molar-refractivity contribution in [3.63, 3.8) is 0 Å². The van der Waals surface area contributed by atoms with Crippen molar-refractivity contribution < 1.29 is 9.32 Å². The molecule has 0 saturated heterocycles. The summed E-state index contributed by atoms with van der Waals surface area (Å²) < 4.78 is 5.40. The Morgan fingerprint density at radius 1 is 1.14 bits per heavy atom. The number of amides is 1. The van der Waals surface area contributed by atoms with Gasteiger partial charge in [-0.3, -0.25) is 9.79 Å². The van der Waals surface area contributed by atoms with E-state index < -0.39 is 0 Å². The van der Waals surface area contributed by atoms with Crippen molar-refractivity contribution in [2.24, 2.45) is 4.99 Å². The summed E-state index contributed by atoms with van der Waals surface area (Å²) in [4.78, 5) is 15.3. The Bertz CT molecular complexity index is 750. The van der Waals surface area contributed by atoms with E-state index in [-0.39, 0.29) is 29.9 Å². The van der Waals surface area contributed by atoms with E-state index in [1.54, 1.807) is 7.05 Å². The van der Waals surface area contributed by atoms with E-state index in [0.717, 1.165) is 54.5 Å². The van der Waals surface area contributed by atoms with E-state index in [9.17, 15) is 4.79 Å². The number of nitrogens with zero attached hydrogens (tertiary/aromatic N) is 2. The highest BCUT2D eigenvalue weighted by molar-refractivity contribution is 14.0. The van der Waals surface area contributed by atoms with E-state index in [1.165, 1.54) is 12.5 Å². The number of carbonyl (C=O) groups is 1. The summed E-state index contributed by atoms with van der Waals surface area (Å²) in [6.45, 7) is 7.03. The van der Waals surface area contributed by atoms with Crippen LogP contribution < -0.4 is 16.0 Å². The number of aliphatic imine (C=N–C) groups is 1. The lowest BCUT2D eigenvalue weighted by Crippen LogP contribution is -2.38. The van der Waals surface area contributed by atoms with Gasteiger partial charge in [0.2, 0.25) is 5.91 Å². The Morgan fingerprint density at radius 2 is 1.86 bits per heavy atom. The molecular formula is C20H30IN5O2. The Labute approximate surface area is 183 Å². The monoisotopic (exact) mass is 499 g/mol. The Balaban J connectivity index is 0.00000392. The van der Waals surface area contributed by atoms with Gasteiger partial charge in [0.15, 0.2) is 5.96 Å². The van der Waals surface area contributed by atoms with Gasteiger partial charge in [-0.25, -0.2) is 0 Å². The first-order valence-electron chi connectivity index (χ1n) is 9.34. The van der Waals surface area contributed by atoms with Crippen LogP contribution >= 0.6 is 24.0 Å². The van der Waals surface area contributed by atoms with E-state index in [2.05, 4.69) is 39.9 Å². The number of benzene rings is 1. The molecule has 1 heterocycles. The van der Waals surface area contributed by atoms with Crippen LogP contribution in [-0.2, 0) is 30.6 Å². The molecule has 1 amide bonds. The highest BCUT2D eigenvalue weighted by Crippen LogP contribution is 2.15. The van der Waals surface area contributed by atoms with E-state index in [4.69, 9.17) is 4.52 Å². The van der Waals surface area contributed by atoms with Crippen molar-refractivity contribution in [2.75, 3.05) is 18.9 Å². The topological polar surface area (TPSA) is 91.6 Å². The zero-order valence-corrected chi connectivity index (χ0v) is 19.3. The number of halogens is 1. The molecule has 0 unspecified atom stereocenters. The number of hydrogen-bond donors (Lipinski definition) is 3. The van der Waals surface area contributed by atoms with Gasteiger partial charge in [0, 0.05) is 44.7 Å². The summed E-state index contributed by atoms with van der Waals surface area (Å²) in [7, 11) is 1.76. The van der Waals surface area contributed by atoms with Gasteiger partial charge in [-0.1, -0.05) is 31.1 Å². The molecule has 0 radical (unpaired) electrons. The Kier molecular flexibility index (Phi) is 10.6. The second kappa shape index (κ2) is 12.4. The Hall–Kier alpha value is -2.10. The molecule has 8 heteroatoms. The summed E-state index contributed by atoms with van der Waals surface area (Å²) in [6, 6.07) is 7.85. The number of aryl methyl sites for hydroxylation is 2. The van der Waals surface area contributed by atoms with Gasteiger partial charge in [-0.05, 0) is 30.5 Å². The molecule has 28 heavy (non-hydrogen) atoms. The first-order chi connectivity index (χ1) is 13.1. The third-order valence-corrected chi connectivity index (χ3v) is 4.24. The lowest BCUT2D eigenvalue weighted by Gasteiger charge is -2.12. The summed E-state index contributed by atoms with van der Waals surface area (Å²) in [5.74, 6) is 1.61. The molecule has 154 valence electrons. The van der Waals surface area contributed by atoms with Gasteiger partial charge >= 0.3 is 0 Å². The second-order valence-electron chi connectivity index (χ2n) is 6.22. The van der Waals surface area contributed by atoms with E-state index in [0.29, 0.717) is 6.54 Å². The molecule has 2 aromatic rings. The van der Waals surface area contributed by atoms with Gasteiger partial charge in [0.25, 0.3) is 0 Å². The summed E-state index contributed by atoms with van der Waals surface area (Å²) in [5.41, 5.74) is 4.11. The van der Waals surface area contributed by atoms with Gasteiger partial charge in [0.05, 0.1) is 5.69 Å². The van der Waals surface area contributed by atoms with Crippen LogP contribution in [0.1, 0.15) is 43.4 Å². The summed E-state index contributed by atoms with van der Waals surface area (Å²) >= 11 is 0. The van der Waals surface area contributed by atoms with E-state index >= 15 is 0 Å². The van der Waals surface area contributed by atoms with Crippen LogP contribution in [0.5, 0.6) is 0 Å². The highest BCUT2D eigenvalue weighted by Gasteiger charge is 2.13. The average Bonchev–Trinajstić information content (AvgIpc) is 3.07. The van der Waals surface area contributed by atoms with Gasteiger partial charge in [-0.2, -0.15) is 0 Å². The summed E-state index contributed by atoms with van der Waals surface area (Å²) in [5, 5.41) is 13.6. The lowest BCUT2D eigenvalue weighted by atomic mass is 10.1. The third-order valence-electron chi connectivity index (χ3n) is 4.24. The zero-order chi connectivity index (χ0) is 19.6. The van der Waals surface area contributed by atoms with Crippen molar-refractivity contribution in [3.8, 4) is 0 Å². The van der Waals surface area contributed by atoms with Crippen LogP contribution in [0.2, 0.25) is 0 Å². The maximum Gasteiger partial charge on any atom is 0.221 e. The number of nitrogens with one attached hydrogen (secondary N) is 3. The zero-order valence-electron chi connectivity index (χ0n) is 17.0. The maximum absolute atomic E-state index is 11.1. The van der Waals surface area contributed by atoms with Crippen LogP contribution in [-0.4, -0.2) is 30.6 Å². The molecular weight excluding hydrogens is 469 g/mol. The van der Waals surface area contributed by atoms with Gasteiger partial charge in [0.1, 0.15) is 5.76 Å². The smallest absolute Gasteiger partial charge is 0.221 e. The first kappa shape index (κ1) is 23.9. The molecule has 7 nitrogen and oxygen atoms in total. The van der Waals surface area contributed by atoms with Crippen molar-refractivity contribution in [1.82, 2.24) is 15.8 Å². The molecule has 1 aromatic heterocycles. The van der Waals surface area contributed by atoms with Crippen LogP contribution in [0.4, 0.5) is 5.69 Å². The minimum Gasteiger partial charge on any atom is -0.361 e. The number of hydrogen-bond acceptors (Lipinski definition) is 4. The molecule has 0 fully saturated rings. The number of guanidine groups is 1. The predicted octanol–water partition coefficient (Wildman–Crippen LogP) is 3.28. The van der Waals surface area contributed by atoms with Crippen molar-refractivity contribution in [1.29, 1.82) is 0 Å². The number of anilines is 1. The molecule has 0 saturated carbocycles. The van der Waals surface area contributed by atoms with Crippen LogP contribution in [0.25, 0.3) is 0 Å².